The first kappa shape index (κ1) is 17.1. The predicted octanol–water partition coefficient (Wildman–Crippen LogP) is 0.554. The van der Waals surface area contributed by atoms with E-state index in [2.05, 4.69) is 4.74 Å². The van der Waals surface area contributed by atoms with Crippen LogP contribution in [0.3, 0.4) is 0 Å². The van der Waals surface area contributed by atoms with Gasteiger partial charge in [0, 0.05) is 19.6 Å². The van der Waals surface area contributed by atoms with Gasteiger partial charge in [0.05, 0.1) is 20.1 Å². The molecule has 21 heavy (non-hydrogen) atoms. The second-order valence-electron chi connectivity index (χ2n) is 4.54. The van der Waals surface area contributed by atoms with Gasteiger partial charge in [-0.05, 0) is 5.56 Å². The van der Waals surface area contributed by atoms with Crippen molar-refractivity contribution in [2.45, 2.75) is 13.0 Å². The molecule has 0 heterocycles. The SMILES string of the molecule is COC(=O)CCN(CCN)CC(=O)OCc1ccccc1. The molecule has 2 N–H and O–H groups in total. The number of ether oxygens (including phenoxy) is 2. The van der Waals surface area contributed by atoms with Gasteiger partial charge >= 0.3 is 11.9 Å². The topological polar surface area (TPSA) is 81.9 Å². The minimum absolute atomic E-state index is 0.112. The molecular weight excluding hydrogens is 272 g/mol. The molecule has 0 atom stereocenters. The van der Waals surface area contributed by atoms with Gasteiger partial charge in [-0.25, -0.2) is 0 Å². The van der Waals surface area contributed by atoms with Gasteiger partial charge in [-0.2, -0.15) is 0 Å². The van der Waals surface area contributed by atoms with E-state index in [9.17, 15) is 9.59 Å². The van der Waals surface area contributed by atoms with E-state index in [-0.39, 0.29) is 31.5 Å². The summed E-state index contributed by atoms with van der Waals surface area (Å²) >= 11 is 0. The molecule has 6 heteroatoms. The van der Waals surface area contributed by atoms with E-state index in [1.54, 1.807) is 4.90 Å². The number of carbonyl (C=O) groups is 2. The average Bonchev–Trinajstić information content (AvgIpc) is 2.51. The summed E-state index contributed by atoms with van der Waals surface area (Å²) in [6.07, 6.45) is 0.225. The number of nitrogens with zero attached hydrogens (tertiary/aromatic N) is 1. The summed E-state index contributed by atoms with van der Waals surface area (Å²) in [5.41, 5.74) is 6.43. The number of hydrogen-bond acceptors (Lipinski definition) is 6. The van der Waals surface area contributed by atoms with E-state index >= 15 is 0 Å². The standard InChI is InChI=1S/C15H22N2O4/c1-20-14(18)7-9-17(10-8-16)11-15(19)21-12-13-5-3-2-4-6-13/h2-6H,7-12,16H2,1H3. The Morgan fingerprint density at radius 2 is 1.86 bits per heavy atom. The third-order valence-electron chi connectivity index (χ3n) is 2.90. The van der Waals surface area contributed by atoms with E-state index in [1.165, 1.54) is 7.11 Å². The Morgan fingerprint density at radius 1 is 1.14 bits per heavy atom. The average molecular weight is 294 g/mol. The van der Waals surface area contributed by atoms with Crippen LogP contribution in [0.1, 0.15) is 12.0 Å². The Kier molecular flexibility index (Phi) is 8.08. The summed E-state index contributed by atoms with van der Waals surface area (Å²) in [5.74, 6) is -0.646. The van der Waals surface area contributed by atoms with Crippen molar-refractivity contribution in [3.8, 4) is 0 Å². The lowest BCUT2D eigenvalue weighted by atomic mass is 10.2. The molecular formula is C15H22N2O4. The van der Waals surface area contributed by atoms with Crippen molar-refractivity contribution < 1.29 is 19.1 Å². The summed E-state index contributed by atoms with van der Waals surface area (Å²) in [6.45, 7) is 1.71. The molecule has 0 aliphatic heterocycles. The highest BCUT2D eigenvalue weighted by Crippen LogP contribution is 2.01. The van der Waals surface area contributed by atoms with Crippen LogP contribution in [0, 0.1) is 0 Å². The van der Waals surface area contributed by atoms with Crippen LogP contribution < -0.4 is 5.73 Å². The Balaban J connectivity index is 2.35. The van der Waals surface area contributed by atoms with Crippen molar-refractivity contribution in [1.82, 2.24) is 4.90 Å². The van der Waals surface area contributed by atoms with E-state index in [4.69, 9.17) is 10.5 Å². The lowest BCUT2D eigenvalue weighted by molar-refractivity contribution is -0.147. The number of rotatable bonds is 9. The van der Waals surface area contributed by atoms with E-state index in [0.717, 1.165) is 5.56 Å². The van der Waals surface area contributed by atoms with Crippen LogP contribution >= 0.6 is 0 Å². The molecule has 0 aliphatic rings. The number of hydrogen-bond donors (Lipinski definition) is 1. The normalized spacial score (nSPS) is 10.4. The van der Waals surface area contributed by atoms with Gasteiger partial charge in [0.15, 0.2) is 0 Å². The fraction of sp³-hybridized carbons (Fsp3) is 0.467. The maximum absolute atomic E-state index is 11.8. The molecule has 0 unspecified atom stereocenters. The first-order chi connectivity index (χ1) is 10.2. The van der Waals surface area contributed by atoms with E-state index < -0.39 is 0 Å². The van der Waals surface area contributed by atoms with Crippen LogP contribution in [0.2, 0.25) is 0 Å². The molecule has 0 aromatic heterocycles. The van der Waals surface area contributed by atoms with Crippen LogP contribution in [0.4, 0.5) is 0 Å². The summed E-state index contributed by atoms with van der Waals surface area (Å²) in [6, 6.07) is 9.46. The molecule has 0 spiro atoms. The predicted molar refractivity (Wildman–Crippen MR) is 78.4 cm³/mol. The molecule has 0 saturated heterocycles. The molecule has 1 aromatic carbocycles. The van der Waals surface area contributed by atoms with E-state index in [1.807, 2.05) is 30.3 Å². The van der Waals surface area contributed by atoms with Gasteiger partial charge in [-0.3, -0.25) is 14.5 Å². The fourth-order valence-corrected chi connectivity index (χ4v) is 1.77. The van der Waals surface area contributed by atoms with Crippen molar-refractivity contribution in [1.29, 1.82) is 0 Å². The smallest absolute Gasteiger partial charge is 0.320 e. The molecule has 0 fully saturated rings. The van der Waals surface area contributed by atoms with Crippen molar-refractivity contribution >= 4 is 11.9 Å². The number of benzene rings is 1. The summed E-state index contributed by atoms with van der Waals surface area (Å²) in [7, 11) is 1.34. The Bertz CT molecular complexity index is 437. The van der Waals surface area contributed by atoms with Crippen LogP contribution in [0.25, 0.3) is 0 Å². The number of carbonyl (C=O) groups excluding carboxylic acids is 2. The molecule has 1 rings (SSSR count). The number of esters is 2. The third-order valence-corrected chi connectivity index (χ3v) is 2.90. The third kappa shape index (κ3) is 7.43. The minimum atomic E-state index is -0.336. The minimum Gasteiger partial charge on any atom is -0.469 e. The maximum atomic E-state index is 11.8. The molecule has 0 aliphatic carbocycles. The van der Waals surface area contributed by atoms with Gasteiger partial charge in [0.25, 0.3) is 0 Å². The summed E-state index contributed by atoms with van der Waals surface area (Å²) in [4.78, 5) is 24.7. The zero-order valence-corrected chi connectivity index (χ0v) is 12.3. The molecule has 116 valence electrons. The number of nitrogens with two attached hydrogens (primary N) is 1. The number of methoxy groups -OCH3 is 1. The lowest BCUT2D eigenvalue weighted by Gasteiger charge is -2.19. The Labute approximate surface area is 124 Å². The van der Waals surface area contributed by atoms with Gasteiger partial charge < -0.3 is 15.2 Å². The van der Waals surface area contributed by atoms with Gasteiger partial charge in [-0.15, -0.1) is 0 Å². The largest absolute Gasteiger partial charge is 0.469 e. The molecule has 0 radical (unpaired) electrons. The second-order valence-corrected chi connectivity index (χ2v) is 4.54. The van der Waals surface area contributed by atoms with Crippen molar-refractivity contribution in [3.63, 3.8) is 0 Å². The van der Waals surface area contributed by atoms with Crippen molar-refractivity contribution in [2.75, 3.05) is 33.3 Å². The Hall–Kier alpha value is -1.92. The quantitative estimate of drug-likeness (QED) is 0.670. The maximum Gasteiger partial charge on any atom is 0.320 e. The van der Waals surface area contributed by atoms with Gasteiger partial charge in [-0.1, -0.05) is 30.3 Å². The highest BCUT2D eigenvalue weighted by molar-refractivity contribution is 5.72. The highest BCUT2D eigenvalue weighted by atomic mass is 16.5. The lowest BCUT2D eigenvalue weighted by Crippen LogP contribution is -2.36. The van der Waals surface area contributed by atoms with Crippen molar-refractivity contribution in [2.24, 2.45) is 5.73 Å². The zero-order valence-electron chi connectivity index (χ0n) is 12.3. The zero-order chi connectivity index (χ0) is 15.5. The van der Waals surface area contributed by atoms with Crippen LogP contribution in [0.5, 0.6) is 0 Å². The van der Waals surface area contributed by atoms with Crippen molar-refractivity contribution in [3.05, 3.63) is 35.9 Å². The second kappa shape index (κ2) is 9.90. The van der Waals surface area contributed by atoms with Crippen LogP contribution in [-0.4, -0.2) is 50.1 Å². The molecule has 1 aromatic rings. The summed E-state index contributed by atoms with van der Waals surface area (Å²) < 4.78 is 9.78. The molecule has 0 amide bonds. The van der Waals surface area contributed by atoms with Gasteiger partial charge in [0.2, 0.25) is 0 Å². The Morgan fingerprint density at radius 3 is 2.48 bits per heavy atom. The van der Waals surface area contributed by atoms with Crippen LogP contribution in [0.15, 0.2) is 30.3 Å². The first-order valence-corrected chi connectivity index (χ1v) is 6.84. The summed E-state index contributed by atoms with van der Waals surface area (Å²) in [5, 5.41) is 0. The molecule has 6 nitrogen and oxygen atoms in total. The van der Waals surface area contributed by atoms with Gasteiger partial charge in [0.1, 0.15) is 6.61 Å². The highest BCUT2D eigenvalue weighted by Gasteiger charge is 2.13. The molecule has 0 saturated carbocycles. The van der Waals surface area contributed by atoms with E-state index in [0.29, 0.717) is 19.6 Å². The first-order valence-electron chi connectivity index (χ1n) is 6.84. The fourth-order valence-electron chi connectivity index (χ4n) is 1.77. The van der Waals surface area contributed by atoms with Crippen LogP contribution in [-0.2, 0) is 25.7 Å². The molecule has 0 bridgehead atoms. The monoisotopic (exact) mass is 294 g/mol.